The van der Waals surface area contributed by atoms with Crippen LogP contribution in [0, 0.1) is 13.8 Å². The third-order valence-electron chi connectivity index (χ3n) is 4.88. The molecule has 3 aromatic heterocycles. The van der Waals surface area contributed by atoms with E-state index in [0.29, 0.717) is 11.4 Å². The molecule has 6 heteroatoms. The quantitative estimate of drug-likeness (QED) is 0.432. The molecule has 0 fully saturated rings. The molecule has 0 radical (unpaired) electrons. The summed E-state index contributed by atoms with van der Waals surface area (Å²) in [6, 6.07) is 13.8. The zero-order valence-electron chi connectivity index (χ0n) is 15.9. The van der Waals surface area contributed by atoms with E-state index in [1.807, 2.05) is 44.2 Å². The summed E-state index contributed by atoms with van der Waals surface area (Å²) in [5, 5.41) is 2.90. The van der Waals surface area contributed by atoms with Crippen LogP contribution in [0.2, 0.25) is 0 Å². The molecule has 0 unspecified atom stereocenters. The summed E-state index contributed by atoms with van der Waals surface area (Å²) in [5.41, 5.74) is 3.58. The molecule has 0 atom stereocenters. The van der Waals surface area contributed by atoms with Gasteiger partial charge in [0.2, 0.25) is 11.7 Å². The third-order valence-corrected chi connectivity index (χ3v) is 5.82. The lowest BCUT2D eigenvalue weighted by Crippen LogP contribution is -2.14. The van der Waals surface area contributed by atoms with Gasteiger partial charge in [-0.3, -0.25) is 4.79 Å². The molecule has 3 heterocycles. The number of rotatable bonds is 7. The van der Waals surface area contributed by atoms with Gasteiger partial charge in [0.15, 0.2) is 6.61 Å². The molecule has 0 amide bonds. The first-order valence-electron chi connectivity index (χ1n) is 9.18. The van der Waals surface area contributed by atoms with Crippen molar-refractivity contribution >= 4 is 28.0 Å². The van der Waals surface area contributed by atoms with Crippen molar-refractivity contribution in [2.75, 3.05) is 6.61 Å². The number of nitrogens with zero attached hydrogens (tertiary/aromatic N) is 3. The predicted molar refractivity (Wildman–Crippen MR) is 111 cm³/mol. The SMILES string of the molecule is Cc1cc(C(=O)COc2ncnc3ccccc23)c(C)n1CCc1cccs1. The van der Waals surface area contributed by atoms with Crippen molar-refractivity contribution in [2.45, 2.75) is 26.8 Å². The van der Waals surface area contributed by atoms with Crippen LogP contribution in [0.5, 0.6) is 5.88 Å². The Morgan fingerprint density at radius 1 is 1.14 bits per heavy atom. The van der Waals surface area contributed by atoms with E-state index < -0.39 is 0 Å². The van der Waals surface area contributed by atoms with Gasteiger partial charge in [-0.25, -0.2) is 9.97 Å². The Hall–Kier alpha value is -2.99. The molecule has 1 aromatic carbocycles. The zero-order chi connectivity index (χ0) is 19.5. The normalized spacial score (nSPS) is 11.1. The minimum absolute atomic E-state index is 0.0434. The Morgan fingerprint density at radius 3 is 2.82 bits per heavy atom. The number of hydrogen-bond donors (Lipinski definition) is 0. The highest BCUT2D eigenvalue weighted by molar-refractivity contribution is 7.09. The second kappa shape index (κ2) is 7.94. The van der Waals surface area contributed by atoms with Gasteiger partial charge in [0, 0.05) is 28.4 Å². The van der Waals surface area contributed by atoms with Crippen molar-refractivity contribution in [1.82, 2.24) is 14.5 Å². The summed E-state index contributed by atoms with van der Waals surface area (Å²) < 4.78 is 7.95. The van der Waals surface area contributed by atoms with Gasteiger partial charge in [-0.2, -0.15) is 0 Å². The summed E-state index contributed by atoms with van der Waals surface area (Å²) >= 11 is 1.76. The van der Waals surface area contributed by atoms with Crippen LogP contribution in [-0.4, -0.2) is 26.9 Å². The van der Waals surface area contributed by atoms with Crippen LogP contribution < -0.4 is 4.74 Å². The summed E-state index contributed by atoms with van der Waals surface area (Å²) in [5.74, 6) is 0.392. The smallest absolute Gasteiger partial charge is 0.224 e. The number of ether oxygens (including phenoxy) is 1. The molecular weight excluding hydrogens is 370 g/mol. The van der Waals surface area contributed by atoms with Crippen LogP contribution in [0.1, 0.15) is 26.6 Å². The van der Waals surface area contributed by atoms with E-state index in [1.54, 1.807) is 11.3 Å². The molecular formula is C22H21N3O2S. The molecule has 0 N–H and O–H groups in total. The fourth-order valence-electron chi connectivity index (χ4n) is 3.41. The van der Waals surface area contributed by atoms with E-state index in [-0.39, 0.29) is 12.4 Å². The van der Waals surface area contributed by atoms with Gasteiger partial charge < -0.3 is 9.30 Å². The molecule has 0 saturated heterocycles. The van der Waals surface area contributed by atoms with Crippen LogP contribution in [0.3, 0.4) is 0 Å². The summed E-state index contributed by atoms with van der Waals surface area (Å²) in [4.78, 5) is 22.5. The number of carbonyl (C=O) groups excluding carboxylic acids is 1. The average molecular weight is 391 g/mol. The van der Waals surface area contributed by atoms with E-state index in [2.05, 4.69) is 32.0 Å². The molecule has 4 aromatic rings. The lowest BCUT2D eigenvalue weighted by molar-refractivity contribution is 0.0918. The van der Waals surface area contributed by atoms with Gasteiger partial charge in [0.1, 0.15) is 6.33 Å². The number of fused-ring (bicyclic) bond motifs is 1. The van der Waals surface area contributed by atoms with Crippen molar-refractivity contribution in [2.24, 2.45) is 0 Å². The van der Waals surface area contributed by atoms with Crippen molar-refractivity contribution in [3.8, 4) is 5.88 Å². The molecule has 0 aliphatic carbocycles. The molecule has 0 bridgehead atoms. The van der Waals surface area contributed by atoms with Gasteiger partial charge in [-0.05, 0) is 49.9 Å². The van der Waals surface area contributed by atoms with Gasteiger partial charge in [-0.1, -0.05) is 18.2 Å². The number of hydrogen-bond acceptors (Lipinski definition) is 5. The number of ketones is 1. The number of aromatic nitrogens is 3. The lowest BCUT2D eigenvalue weighted by atomic mass is 10.1. The van der Waals surface area contributed by atoms with Crippen LogP contribution in [0.4, 0.5) is 0 Å². The Balaban J connectivity index is 1.48. The first-order chi connectivity index (χ1) is 13.6. The minimum Gasteiger partial charge on any atom is -0.469 e. The maximum atomic E-state index is 12.8. The molecule has 0 saturated carbocycles. The molecule has 5 nitrogen and oxygen atoms in total. The largest absolute Gasteiger partial charge is 0.469 e. The number of aryl methyl sites for hydroxylation is 2. The van der Waals surface area contributed by atoms with E-state index in [0.717, 1.165) is 35.3 Å². The average Bonchev–Trinajstić information content (AvgIpc) is 3.32. The van der Waals surface area contributed by atoms with Crippen molar-refractivity contribution in [3.05, 3.63) is 76.0 Å². The first-order valence-corrected chi connectivity index (χ1v) is 10.1. The Bertz CT molecular complexity index is 1110. The van der Waals surface area contributed by atoms with Gasteiger partial charge >= 0.3 is 0 Å². The fourth-order valence-corrected chi connectivity index (χ4v) is 4.11. The van der Waals surface area contributed by atoms with Crippen molar-refractivity contribution < 1.29 is 9.53 Å². The highest BCUT2D eigenvalue weighted by Gasteiger charge is 2.17. The van der Waals surface area contributed by atoms with E-state index >= 15 is 0 Å². The number of benzene rings is 1. The number of para-hydroxylation sites is 1. The summed E-state index contributed by atoms with van der Waals surface area (Å²) in [6.45, 7) is 4.85. The first kappa shape index (κ1) is 18.4. The van der Waals surface area contributed by atoms with Crippen LogP contribution >= 0.6 is 11.3 Å². The molecule has 142 valence electrons. The van der Waals surface area contributed by atoms with Crippen LogP contribution in [0.15, 0.2) is 54.2 Å². The molecule has 28 heavy (non-hydrogen) atoms. The summed E-state index contributed by atoms with van der Waals surface area (Å²) in [7, 11) is 0. The van der Waals surface area contributed by atoms with Gasteiger partial charge in [0.05, 0.1) is 10.9 Å². The van der Waals surface area contributed by atoms with Gasteiger partial charge in [-0.15, -0.1) is 11.3 Å². The van der Waals surface area contributed by atoms with E-state index in [4.69, 9.17) is 4.74 Å². The van der Waals surface area contributed by atoms with Crippen LogP contribution in [0.25, 0.3) is 10.9 Å². The maximum absolute atomic E-state index is 12.8. The Morgan fingerprint density at radius 2 is 2.00 bits per heavy atom. The number of carbonyl (C=O) groups is 1. The van der Waals surface area contributed by atoms with Gasteiger partial charge in [0.25, 0.3) is 0 Å². The topological polar surface area (TPSA) is 57.0 Å². The maximum Gasteiger partial charge on any atom is 0.224 e. The minimum atomic E-state index is -0.0454. The standard InChI is InChI=1S/C22H21N3O2S/c1-15-12-19(16(2)25(15)10-9-17-6-5-11-28-17)21(26)13-27-22-18-7-3-4-8-20(18)23-14-24-22/h3-8,11-12,14H,9-10,13H2,1-2H3. The third kappa shape index (κ3) is 3.68. The number of Topliss-reactive ketones (excluding diaryl/α,β-unsaturated/α-hetero) is 1. The van der Waals surface area contributed by atoms with Crippen LogP contribution in [-0.2, 0) is 13.0 Å². The molecule has 0 aliphatic rings. The monoisotopic (exact) mass is 391 g/mol. The molecule has 4 rings (SSSR count). The highest BCUT2D eigenvalue weighted by Crippen LogP contribution is 2.22. The summed E-state index contributed by atoms with van der Waals surface area (Å²) in [6.07, 6.45) is 2.42. The zero-order valence-corrected chi connectivity index (χ0v) is 16.7. The van der Waals surface area contributed by atoms with Crippen molar-refractivity contribution in [3.63, 3.8) is 0 Å². The predicted octanol–water partition coefficient (Wildman–Crippen LogP) is 4.61. The second-order valence-electron chi connectivity index (χ2n) is 6.67. The fraction of sp³-hybridized carbons (Fsp3) is 0.227. The van der Waals surface area contributed by atoms with E-state index in [1.165, 1.54) is 11.2 Å². The Labute approximate surface area is 167 Å². The van der Waals surface area contributed by atoms with E-state index in [9.17, 15) is 4.79 Å². The molecule has 0 spiro atoms. The number of thiophene rings is 1. The lowest BCUT2D eigenvalue weighted by Gasteiger charge is -2.09. The second-order valence-corrected chi connectivity index (χ2v) is 7.71. The van der Waals surface area contributed by atoms with Crippen molar-refractivity contribution in [1.29, 1.82) is 0 Å². The molecule has 0 aliphatic heterocycles. The highest BCUT2D eigenvalue weighted by atomic mass is 32.1. The Kier molecular flexibility index (Phi) is 5.21.